The summed E-state index contributed by atoms with van der Waals surface area (Å²) >= 11 is 0. The van der Waals surface area contributed by atoms with Crippen LogP contribution in [0.15, 0.2) is 36.4 Å². The van der Waals surface area contributed by atoms with Gasteiger partial charge in [0, 0.05) is 12.5 Å². The van der Waals surface area contributed by atoms with E-state index in [1.807, 2.05) is 19.1 Å². The smallest absolute Gasteiger partial charge is 0.408 e. The second-order valence-electron chi connectivity index (χ2n) is 12.8. The van der Waals surface area contributed by atoms with Crippen LogP contribution in [0, 0.1) is 5.92 Å². The van der Waals surface area contributed by atoms with E-state index in [0.29, 0.717) is 44.3 Å². The second-order valence-corrected chi connectivity index (χ2v) is 14.2. The molecule has 1 aromatic rings. The van der Waals surface area contributed by atoms with Crippen molar-refractivity contribution in [3.05, 3.63) is 42.0 Å². The summed E-state index contributed by atoms with van der Waals surface area (Å²) in [5.74, 6) is -2.16. The molecule has 44 heavy (non-hydrogen) atoms. The van der Waals surface area contributed by atoms with E-state index in [1.165, 1.54) is 4.90 Å². The molecule has 4 atom stereocenters. The lowest BCUT2D eigenvalue weighted by atomic mass is 10.0. The van der Waals surface area contributed by atoms with Crippen molar-refractivity contribution >= 4 is 39.7 Å². The van der Waals surface area contributed by atoms with Gasteiger partial charge in [-0.3, -0.25) is 19.1 Å². The Morgan fingerprint density at radius 2 is 1.80 bits per heavy atom. The Bertz CT molecular complexity index is 1370. The van der Waals surface area contributed by atoms with Crippen LogP contribution in [0.3, 0.4) is 0 Å². The molecular weight excluding hydrogens is 586 g/mol. The Kier molecular flexibility index (Phi) is 10.3. The molecule has 1 saturated carbocycles. The molecule has 13 heteroatoms. The summed E-state index contributed by atoms with van der Waals surface area (Å²) in [6.07, 6.45) is 8.49. The van der Waals surface area contributed by atoms with Crippen LogP contribution < -0.4 is 20.1 Å². The third-order valence-corrected chi connectivity index (χ3v) is 9.13. The number of hydrogen-bond acceptors (Lipinski definition) is 7. The zero-order chi connectivity index (χ0) is 32.1. The number of fused-ring (bicyclic) bond motifs is 2. The Morgan fingerprint density at radius 3 is 2.48 bits per heavy atom. The van der Waals surface area contributed by atoms with E-state index in [9.17, 15) is 27.6 Å². The van der Waals surface area contributed by atoms with Gasteiger partial charge >= 0.3 is 16.3 Å². The van der Waals surface area contributed by atoms with E-state index in [4.69, 9.17) is 4.74 Å². The quantitative estimate of drug-likeness (QED) is 0.350. The Labute approximate surface area is 259 Å². The first-order valence-corrected chi connectivity index (χ1v) is 16.9. The Hall–Kier alpha value is -3.61. The molecule has 4 rings (SSSR count). The number of carbonyl (C=O) groups is 4. The van der Waals surface area contributed by atoms with Crippen LogP contribution in [0.5, 0.6) is 0 Å². The average Bonchev–Trinajstić information content (AvgIpc) is 3.40. The predicted octanol–water partition coefficient (Wildman–Crippen LogP) is 3.30. The van der Waals surface area contributed by atoms with E-state index < -0.39 is 57.3 Å². The molecule has 1 saturated heterocycles. The average molecular weight is 632 g/mol. The number of anilines is 1. The van der Waals surface area contributed by atoms with Crippen LogP contribution >= 0.6 is 0 Å². The highest BCUT2D eigenvalue weighted by molar-refractivity contribution is 7.91. The van der Waals surface area contributed by atoms with Gasteiger partial charge in [0.1, 0.15) is 23.2 Å². The zero-order valence-corrected chi connectivity index (χ0v) is 26.8. The normalized spacial score (nSPS) is 27.0. The van der Waals surface area contributed by atoms with Gasteiger partial charge < -0.3 is 20.3 Å². The monoisotopic (exact) mass is 631 g/mol. The summed E-state index contributed by atoms with van der Waals surface area (Å²) in [6.45, 7) is 7.52. The third-order valence-electron chi connectivity index (χ3n) is 8.17. The summed E-state index contributed by atoms with van der Waals surface area (Å²) in [6, 6.07) is 5.09. The van der Waals surface area contributed by atoms with Crippen molar-refractivity contribution in [3.8, 4) is 0 Å². The molecule has 4 N–H and O–H groups in total. The van der Waals surface area contributed by atoms with Crippen LogP contribution in [-0.4, -0.2) is 66.9 Å². The number of benzene rings is 1. The van der Waals surface area contributed by atoms with Gasteiger partial charge in [0.2, 0.25) is 11.8 Å². The number of nitrogens with zero attached hydrogens (tertiary/aromatic N) is 1. The van der Waals surface area contributed by atoms with Gasteiger partial charge in [-0.2, -0.15) is 8.42 Å². The molecule has 0 unspecified atom stereocenters. The molecule has 1 aliphatic carbocycles. The number of hydrogen-bond donors (Lipinski definition) is 4. The number of nitrogens with one attached hydrogen (secondary N) is 4. The van der Waals surface area contributed by atoms with E-state index in [1.54, 1.807) is 45.0 Å². The highest BCUT2D eigenvalue weighted by Gasteiger charge is 2.61. The van der Waals surface area contributed by atoms with Gasteiger partial charge in [0.05, 0.1) is 5.69 Å². The van der Waals surface area contributed by atoms with Gasteiger partial charge in [0.15, 0.2) is 0 Å². The maximum atomic E-state index is 13.7. The molecular formula is C31H45N5O7S. The molecule has 1 aromatic carbocycles. The molecule has 0 radical (unpaired) electrons. The van der Waals surface area contributed by atoms with Crippen molar-refractivity contribution in [2.45, 2.75) is 109 Å². The van der Waals surface area contributed by atoms with Crippen molar-refractivity contribution in [2.24, 2.45) is 5.92 Å². The second kappa shape index (κ2) is 13.6. The number of ether oxygens (including phenoxy) is 1. The van der Waals surface area contributed by atoms with Gasteiger partial charge in [-0.15, -0.1) is 0 Å². The van der Waals surface area contributed by atoms with Crippen molar-refractivity contribution in [2.75, 3.05) is 11.3 Å². The van der Waals surface area contributed by atoms with Crippen molar-refractivity contribution < 1.29 is 32.3 Å². The van der Waals surface area contributed by atoms with Crippen molar-refractivity contribution in [3.63, 3.8) is 0 Å². The fourth-order valence-corrected chi connectivity index (χ4v) is 6.67. The first-order chi connectivity index (χ1) is 20.7. The molecule has 12 nitrogen and oxygen atoms in total. The van der Waals surface area contributed by atoms with Gasteiger partial charge in [-0.05, 0) is 83.4 Å². The first kappa shape index (κ1) is 33.3. The zero-order valence-electron chi connectivity index (χ0n) is 26.0. The number of aryl methyl sites for hydroxylation is 1. The molecule has 2 heterocycles. The van der Waals surface area contributed by atoms with E-state index in [2.05, 4.69) is 20.1 Å². The van der Waals surface area contributed by atoms with Crippen LogP contribution in [0.4, 0.5) is 10.5 Å². The third kappa shape index (κ3) is 8.52. The first-order valence-electron chi connectivity index (χ1n) is 15.5. The van der Waals surface area contributed by atoms with Crippen LogP contribution in [0.1, 0.15) is 84.6 Å². The van der Waals surface area contributed by atoms with Gasteiger partial charge in [-0.25, -0.2) is 9.52 Å². The van der Waals surface area contributed by atoms with Crippen molar-refractivity contribution in [1.82, 2.24) is 20.3 Å². The molecule has 2 aliphatic heterocycles. The topological polar surface area (TPSA) is 163 Å². The Morgan fingerprint density at radius 1 is 1.07 bits per heavy atom. The van der Waals surface area contributed by atoms with E-state index in [-0.39, 0.29) is 12.3 Å². The predicted molar refractivity (Wildman–Crippen MR) is 166 cm³/mol. The van der Waals surface area contributed by atoms with Crippen LogP contribution in [0.25, 0.3) is 0 Å². The number of alkyl carbamates (subject to hydrolysis) is 1. The minimum absolute atomic E-state index is 0.227. The summed E-state index contributed by atoms with van der Waals surface area (Å²) < 4.78 is 35.7. The molecule has 4 amide bonds. The molecule has 2 fully saturated rings. The lowest BCUT2D eigenvalue weighted by Gasteiger charge is -2.30. The highest BCUT2D eigenvalue weighted by Crippen LogP contribution is 2.45. The molecule has 242 valence electrons. The standard InChI is InChI=1S/C31H45N5O7S/c1-5-21-15-17-23(18-16-21)34-44(41,42)35-28(39)31-20-22(31)12-9-7-6-8-10-13-24(32-29(40)43-30(2,3)4)27(38)36-19-11-14-25(36)26(37)33-31/h9,12,15-18,22,24-25,34H,5-8,10-11,13-14,19-20H2,1-4H3,(H,32,40)(H,33,37)(H,35,39)/b12-9-/t22-,24-,25-,31+/m0/s1. The fraction of sp³-hybridized carbons (Fsp3) is 0.613. The maximum Gasteiger partial charge on any atom is 0.408 e. The minimum atomic E-state index is -4.30. The van der Waals surface area contributed by atoms with E-state index >= 15 is 0 Å². The van der Waals surface area contributed by atoms with Crippen molar-refractivity contribution in [1.29, 1.82) is 0 Å². The summed E-state index contributed by atoms with van der Waals surface area (Å²) in [5.41, 5.74) is -0.880. The number of carbonyl (C=O) groups excluding carboxylic acids is 4. The number of rotatable bonds is 6. The van der Waals surface area contributed by atoms with Gasteiger partial charge in [0.25, 0.3) is 5.91 Å². The largest absolute Gasteiger partial charge is 0.444 e. The lowest BCUT2D eigenvalue weighted by molar-refractivity contribution is -0.141. The molecule has 0 aromatic heterocycles. The van der Waals surface area contributed by atoms with Crippen LogP contribution in [0.2, 0.25) is 0 Å². The summed E-state index contributed by atoms with van der Waals surface area (Å²) in [5, 5.41) is 5.52. The molecule has 3 aliphatic rings. The number of allylic oxidation sites excluding steroid dienone is 1. The Balaban J connectivity index is 1.52. The van der Waals surface area contributed by atoms with Gasteiger partial charge in [-0.1, -0.05) is 44.1 Å². The number of amides is 4. The molecule has 0 spiro atoms. The van der Waals surface area contributed by atoms with E-state index in [0.717, 1.165) is 24.8 Å². The fourth-order valence-electron chi connectivity index (χ4n) is 5.75. The summed E-state index contributed by atoms with van der Waals surface area (Å²) in [7, 11) is -4.30. The lowest BCUT2D eigenvalue weighted by Crippen LogP contribution is -2.58. The minimum Gasteiger partial charge on any atom is -0.444 e. The molecule has 0 bridgehead atoms. The summed E-state index contributed by atoms with van der Waals surface area (Å²) in [4.78, 5) is 55.0. The SMILES string of the molecule is CCc1ccc(NS(=O)(=O)NC(=O)[C@@]23C[C@@H]2/C=C\CCCCC[C@H](NC(=O)OC(C)(C)C)C(=O)N2CCC[C@H]2C(=O)N3)cc1. The maximum absolute atomic E-state index is 13.7. The van der Waals surface area contributed by atoms with Crippen LogP contribution in [-0.2, 0) is 35.8 Å². The highest BCUT2D eigenvalue weighted by atomic mass is 32.2.